The van der Waals surface area contributed by atoms with Crippen LogP contribution >= 0.6 is 24.0 Å². The van der Waals surface area contributed by atoms with Crippen molar-refractivity contribution < 1.29 is 9.90 Å². The van der Waals surface area contributed by atoms with Crippen molar-refractivity contribution in [1.82, 2.24) is 4.90 Å². The Hall–Kier alpha value is -3.81. The average molecular weight is 482 g/mol. The summed E-state index contributed by atoms with van der Waals surface area (Å²) in [5.74, 6) is -0.126. The van der Waals surface area contributed by atoms with Crippen LogP contribution in [0.25, 0.3) is 16.8 Å². The summed E-state index contributed by atoms with van der Waals surface area (Å²) < 4.78 is 0.492. The van der Waals surface area contributed by atoms with Crippen LogP contribution in [0.15, 0.2) is 106 Å². The van der Waals surface area contributed by atoms with Gasteiger partial charge in [0.25, 0.3) is 5.91 Å². The van der Waals surface area contributed by atoms with Crippen molar-refractivity contribution in [2.75, 3.05) is 0 Å². The van der Waals surface area contributed by atoms with Gasteiger partial charge in [0.15, 0.2) is 0 Å². The van der Waals surface area contributed by atoms with E-state index in [1.807, 2.05) is 72.8 Å². The molecule has 0 bridgehead atoms. The quantitative estimate of drug-likeness (QED) is 0.184. The zero-order valence-electron chi connectivity index (χ0n) is 18.0. The lowest BCUT2D eigenvalue weighted by Crippen LogP contribution is -2.27. The van der Waals surface area contributed by atoms with Gasteiger partial charge in [0.1, 0.15) is 10.1 Å². The number of fused-ring (bicyclic) bond motifs is 1. The van der Waals surface area contributed by atoms with E-state index in [4.69, 9.17) is 12.2 Å². The van der Waals surface area contributed by atoms with Gasteiger partial charge < -0.3 is 5.11 Å². The topological polar surface area (TPSA) is 65.3 Å². The normalized spacial score (nSPS) is 15.2. The van der Waals surface area contributed by atoms with Gasteiger partial charge in [-0.15, -0.1) is 5.11 Å². The molecule has 1 aliphatic rings. The van der Waals surface area contributed by atoms with Crippen LogP contribution in [0.3, 0.4) is 0 Å². The fourth-order valence-electron chi connectivity index (χ4n) is 3.67. The summed E-state index contributed by atoms with van der Waals surface area (Å²) in [5, 5.41) is 21.3. The number of aromatic hydroxyl groups is 1. The van der Waals surface area contributed by atoms with Gasteiger partial charge in [0, 0.05) is 10.9 Å². The van der Waals surface area contributed by atoms with E-state index in [2.05, 4.69) is 10.2 Å². The minimum absolute atomic E-state index is 0.0532. The number of benzene rings is 4. The van der Waals surface area contributed by atoms with E-state index in [9.17, 15) is 9.90 Å². The lowest BCUT2D eigenvalue weighted by molar-refractivity contribution is -0.122. The molecule has 4 aromatic rings. The van der Waals surface area contributed by atoms with Crippen LogP contribution in [-0.4, -0.2) is 20.2 Å². The summed E-state index contributed by atoms with van der Waals surface area (Å²) in [7, 11) is 0. The largest absolute Gasteiger partial charge is 0.507 e. The molecule has 0 unspecified atom stereocenters. The number of rotatable bonds is 5. The lowest BCUT2D eigenvalue weighted by atomic mass is 10.1. The molecular weight excluding hydrogens is 462 g/mol. The number of carbonyl (C=O) groups excluding carboxylic acids is 1. The predicted molar refractivity (Wildman–Crippen MR) is 141 cm³/mol. The molecule has 34 heavy (non-hydrogen) atoms. The van der Waals surface area contributed by atoms with E-state index in [1.165, 1.54) is 11.8 Å². The average Bonchev–Trinajstić information content (AvgIpc) is 3.12. The van der Waals surface area contributed by atoms with Crippen molar-refractivity contribution in [3.8, 4) is 5.75 Å². The first-order chi connectivity index (χ1) is 16.6. The van der Waals surface area contributed by atoms with Gasteiger partial charge in [0.2, 0.25) is 0 Å². The van der Waals surface area contributed by atoms with Gasteiger partial charge in [-0.05, 0) is 41.3 Å². The van der Waals surface area contributed by atoms with Crippen molar-refractivity contribution in [2.45, 2.75) is 6.54 Å². The molecule has 1 saturated heterocycles. The van der Waals surface area contributed by atoms with Crippen LogP contribution in [0.5, 0.6) is 5.75 Å². The standard InChI is InChI=1S/C27H19N3O2S2/c31-24-14-13-21(28-29-23-12-6-10-19-9-4-5-11-22(19)23)15-20(24)16-25-26(32)30(27(33)34-25)17-18-7-2-1-3-8-18/h1-16,31H,17H2/b25-16-,29-28?. The molecule has 1 heterocycles. The van der Waals surface area contributed by atoms with Gasteiger partial charge >= 0.3 is 0 Å². The summed E-state index contributed by atoms with van der Waals surface area (Å²) >= 11 is 6.66. The van der Waals surface area contributed by atoms with Gasteiger partial charge in [-0.2, -0.15) is 5.11 Å². The summed E-state index contributed by atoms with van der Waals surface area (Å²) in [6.45, 7) is 0.411. The van der Waals surface area contributed by atoms with Crippen molar-refractivity contribution in [3.05, 3.63) is 107 Å². The van der Waals surface area contributed by atoms with E-state index in [-0.39, 0.29) is 11.7 Å². The second-order valence-electron chi connectivity index (χ2n) is 7.69. The van der Waals surface area contributed by atoms with E-state index >= 15 is 0 Å². The number of phenolic OH excluding ortho intramolecular Hbond substituents is 1. The fraction of sp³-hybridized carbons (Fsp3) is 0.0370. The molecule has 1 N–H and O–H groups in total. The molecule has 1 fully saturated rings. The van der Waals surface area contributed by atoms with E-state index in [0.29, 0.717) is 27.0 Å². The molecule has 0 spiro atoms. The monoisotopic (exact) mass is 481 g/mol. The Morgan fingerprint density at radius 2 is 1.68 bits per heavy atom. The van der Waals surface area contributed by atoms with Crippen molar-refractivity contribution in [3.63, 3.8) is 0 Å². The fourth-order valence-corrected chi connectivity index (χ4v) is 4.92. The van der Waals surface area contributed by atoms with Crippen molar-refractivity contribution >= 4 is 62.4 Å². The third kappa shape index (κ3) is 4.62. The molecule has 0 aliphatic carbocycles. The predicted octanol–water partition coefficient (Wildman–Crippen LogP) is 7.36. The molecule has 0 atom stereocenters. The third-order valence-corrected chi connectivity index (χ3v) is 6.77. The maximum absolute atomic E-state index is 13.0. The highest BCUT2D eigenvalue weighted by Crippen LogP contribution is 2.36. The van der Waals surface area contributed by atoms with Crippen LogP contribution < -0.4 is 0 Å². The van der Waals surface area contributed by atoms with Crippen LogP contribution in [0.2, 0.25) is 0 Å². The highest BCUT2D eigenvalue weighted by Gasteiger charge is 2.32. The molecule has 4 aromatic carbocycles. The molecule has 0 saturated carbocycles. The van der Waals surface area contributed by atoms with Gasteiger partial charge in [0.05, 0.1) is 22.8 Å². The van der Waals surface area contributed by atoms with Crippen LogP contribution in [-0.2, 0) is 11.3 Å². The number of carbonyl (C=O) groups is 1. The third-order valence-electron chi connectivity index (χ3n) is 5.39. The zero-order chi connectivity index (χ0) is 23.5. The number of thiocarbonyl (C=S) groups is 1. The van der Waals surface area contributed by atoms with Crippen LogP contribution in [0.1, 0.15) is 11.1 Å². The molecule has 5 nitrogen and oxygen atoms in total. The molecule has 7 heteroatoms. The van der Waals surface area contributed by atoms with Gasteiger partial charge in [-0.25, -0.2) is 0 Å². The van der Waals surface area contributed by atoms with E-state index in [0.717, 1.165) is 22.0 Å². The number of nitrogens with zero attached hydrogens (tertiary/aromatic N) is 3. The Kier molecular flexibility index (Phi) is 6.20. The van der Waals surface area contributed by atoms with E-state index in [1.54, 1.807) is 29.2 Å². The molecule has 0 aromatic heterocycles. The Morgan fingerprint density at radius 1 is 0.912 bits per heavy atom. The van der Waals surface area contributed by atoms with Crippen molar-refractivity contribution in [2.24, 2.45) is 10.2 Å². The van der Waals surface area contributed by atoms with Gasteiger partial charge in [-0.1, -0.05) is 90.7 Å². The number of thioether (sulfide) groups is 1. The molecule has 0 radical (unpaired) electrons. The molecule has 1 amide bonds. The Bertz CT molecular complexity index is 1460. The molecule has 5 rings (SSSR count). The number of hydrogen-bond donors (Lipinski definition) is 1. The lowest BCUT2D eigenvalue weighted by Gasteiger charge is -2.14. The number of phenols is 1. The molecule has 1 aliphatic heterocycles. The van der Waals surface area contributed by atoms with Gasteiger partial charge in [-0.3, -0.25) is 9.69 Å². The zero-order valence-corrected chi connectivity index (χ0v) is 19.6. The molecular formula is C27H19N3O2S2. The second kappa shape index (κ2) is 9.59. The minimum atomic E-state index is -0.180. The van der Waals surface area contributed by atoms with Crippen molar-refractivity contribution in [1.29, 1.82) is 0 Å². The smallest absolute Gasteiger partial charge is 0.266 e. The maximum Gasteiger partial charge on any atom is 0.266 e. The first kappa shape index (κ1) is 22.0. The molecule has 166 valence electrons. The summed E-state index contributed by atoms with van der Waals surface area (Å²) in [6.07, 6.45) is 1.65. The summed E-state index contributed by atoms with van der Waals surface area (Å²) in [6, 6.07) is 28.5. The Balaban J connectivity index is 1.40. The summed E-state index contributed by atoms with van der Waals surface area (Å²) in [4.78, 5) is 15.0. The first-order valence-corrected chi connectivity index (χ1v) is 11.8. The SMILES string of the molecule is O=C1/C(=C/c2cc(N=Nc3cccc4ccccc34)ccc2O)SC(=S)N1Cc1ccccc1. The second-order valence-corrected chi connectivity index (χ2v) is 9.37. The highest BCUT2D eigenvalue weighted by atomic mass is 32.2. The van der Waals surface area contributed by atoms with Crippen LogP contribution in [0, 0.1) is 0 Å². The Morgan fingerprint density at radius 3 is 2.53 bits per heavy atom. The summed E-state index contributed by atoms with van der Waals surface area (Å²) in [5.41, 5.74) is 2.81. The van der Waals surface area contributed by atoms with Crippen LogP contribution in [0.4, 0.5) is 11.4 Å². The first-order valence-electron chi connectivity index (χ1n) is 10.6. The van der Waals surface area contributed by atoms with E-state index < -0.39 is 0 Å². The maximum atomic E-state index is 13.0. The minimum Gasteiger partial charge on any atom is -0.507 e. The number of amides is 1. The highest BCUT2D eigenvalue weighted by molar-refractivity contribution is 8.26. The number of hydrogen-bond acceptors (Lipinski definition) is 6. The number of azo groups is 1. The Labute approximate surface area is 206 Å².